The normalized spacial score (nSPS) is 10.7. The van der Waals surface area contributed by atoms with Crippen molar-refractivity contribution in [3.05, 3.63) is 52.0 Å². The molecule has 7 heteroatoms. The lowest BCUT2D eigenvalue weighted by Gasteiger charge is -2.12. The van der Waals surface area contributed by atoms with Crippen molar-refractivity contribution >= 4 is 28.9 Å². The van der Waals surface area contributed by atoms with Gasteiger partial charge in [-0.05, 0) is 30.3 Å². The number of anilines is 1. The van der Waals surface area contributed by atoms with Crippen molar-refractivity contribution in [2.45, 2.75) is 13.2 Å². The Labute approximate surface area is 130 Å². The van der Waals surface area contributed by atoms with Crippen molar-refractivity contribution in [2.75, 3.05) is 5.32 Å². The Kier molecular flexibility index (Phi) is 5.09. The van der Waals surface area contributed by atoms with Crippen molar-refractivity contribution in [3.8, 4) is 11.5 Å². The van der Waals surface area contributed by atoms with Gasteiger partial charge >= 0.3 is 6.61 Å². The molecule has 0 aliphatic rings. The van der Waals surface area contributed by atoms with Crippen LogP contribution in [0, 0.1) is 0 Å². The minimum absolute atomic E-state index is 0.0590. The largest absolute Gasteiger partial charge is 0.508 e. The van der Waals surface area contributed by atoms with Crippen molar-refractivity contribution in [3.63, 3.8) is 0 Å². The molecule has 0 aliphatic heterocycles. The van der Waals surface area contributed by atoms with Gasteiger partial charge in [0.2, 0.25) is 0 Å². The zero-order valence-corrected chi connectivity index (χ0v) is 12.1. The smallest absolute Gasteiger partial charge is 0.387 e. The summed E-state index contributed by atoms with van der Waals surface area (Å²) in [5.74, 6) is -0.0310. The Hall–Kier alpha value is -1.72. The third-order valence-corrected chi connectivity index (χ3v) is 3.36. The van der Waals surface area contributed by atoms with Crippen molar-refractivity contribution < 1.29 is 18.6 Å². The molecule has 2 aromatic rings. The summed E-state index contributed by atoms with van der Waals surface area (Å²) in [6, 6.07) is 9.14. The fraction of sp³-hybridized carbons (Fsp3) is 0.143. The first-order valence-electron chi connectivity index (χ1n) is 5.92. The zero-order valence-electron chi connectivity index (χ0n) is 10.6. The highest BCUT2D eigenvalue weighted by Gasteiger charge is 2.10. The van der Waals surface area contributed by atoms with Crippen molar-refractivity contribution in [2.24, 2.45) is 0 Å². The van der Waals surface area contributed by atoms with Crippen molar-refractivity contribution in [1.29, 1.82) is 0 Å². The number of hydrogen-bond acceptors (Lipinski definition) is 3. The highest BCUT2D eigenvalue weighted by Crippen LogP contribution is 2.30. The molecule has 2 aromatic carbocycles. The molecule has 112 valence electrons. The average Bonchev–Trinajstić information content (AvgIpc) is 2.41. The Morgan fingerprint density at radius 2 is 1.90 bits per heavy atom. The maximum atomic E-state index is 12.1. The molecule has 0 saturated carbocycles. The standard InChI is InChI=1S/C14H11Cl2F2NO2/c15-10-2-1-3-12(20)9(10)7-19-8-4-5-13(11(16)6-8)21-14(17)18/h1-6,14,19-20H,7H2. The van der Waals surface area contributed by atoms with E-state index in [1.165, 1.54) is 24.3 Å². The van der Waals surface area contributed by atoms with Crippen LogP contribution in [0.3, 0.4) is 0 Å². The lowest BCUT2D eigenvalue weighted by Crippen LogP contribution is -2.03. The Bertz CT molecular complexity index is 618. The van der Waals surface area contributed by atoms with E-state index in [9.17, 15) is 13.9 Å². The molecule has 0 aliphatic carbocycles. The number of rotatable bonds is 5. The molecule has 0 fully saturated rings. The summed E-state index contributed by atoms with van der Waals surface area (Å²) in [7, 11) is 0. The Morgan fingerprint density at radius 3 is 2.52 bits per heavy atom. The molecule has 0 saturated heterocycles. The molecule has 0 bridgehead atoms. The minimum atomic E-state index is -2.93. The summed E-state index contributed by atoms with van der Waals surface area (Å²) in [5, 5.41) is 13.2. The molecule has 0 radical (unpaired) electrons. The Balaban J connectivity index is 2.09. The highest BCUT2D eigenvalue weighted by atomic mass is 35.5. The number of ether oxygens (including phenoxy) is 1. The van der Waals surface area contributed by atoms with Gasteiger partial charge in [-0.2, -0.15) is 8.78 Å². The lowest BCUT2D eigenvalue weighted by atomic mass is 10.2. The molecule has 0 unspecified atom stereocenters. The van der Waals surface area contributed by atoms with E-state index in [4.69, 9.17) is 23.2 Å². The topological polar surface area (TPSA) is 41.5 Å². The van der Waals surface area contributed by atoms with E-state index in [2.05, 4.69) is 10.1 Å². The first-order valence-corrected chi connectivity index (χ1v) is 6.67. The van der Waals surface area contributed by atoms with Gasteiger partial charge in [0.25, 0.3) is 0 Å². The van der Waals surface area contributed by atoms with Crippen LogP contribution >= 0.6 is 23.2 Å². The zero-order chi connectivity index (χ0) is 15.4. The fourth-order valence-electron chi connectivity index (χ4n) is 1.72. The number of alkyl halides is 2. The van der Waals surface area contributed by atoms with Crippen LogP contribution in [0.2, 0.25) is 10.0 Å². The molecule has 2 N–H and O–H groups in total. The predicted octanol–water partition coefficient (Wildman–Crippen LogP) is 4.91. The van der Waals surface area contributed by atoms with E-state index < -0.39 is 6.61 Å². The van der Waals surface area contributed by atoms with E-state index in [0.717, 1.165) is 0 Å². The second-order valence-electron chi connectivity index (χ2n) is 4.11. The Morgan fingerprint density at radius 1 is 1.14 bits per heavy atom. The molecule has 0 amide bonds. The van der Waals surface area contributed by atoms with Crippen LogP contribution in [0.25, 0.3) is 0 Å². The third-order valence-electron chi connectivity index (χ3n) is 2.71. The fourth-order valence-corrected chi connectivity index (χ4v) is 2.18. The second-order valence-corrected chi connectivity index (χ2v) is 4.93. The number of phenolic OH excluding ortho intramolecular Hbond substituents is 1. The van der Waals surface area contributed by atoms with Gasteiger partial charge in [-0.15, -0.1) is 0 Å². The molecule has 21 heavy (non-hydrogen) atoms. The van der Waals surface area contributed by atoms with Crippen LogP contribution in [-0.4, -0.2) is 11.7 Å². The van der Waals surface area contributed by atoms with E-state index in [0.29, 0.717) is 16.3 Å². The average molecular weight is 334 g/mol. The van der Waals surface area contributed by atoms with Gasteiger partial charge in [-0.3, -0.25) is 0 Å². The molecule has 0 spiro atoms. The maximum absolute atomic E-state index is 12.1. The van der Waals surface area contributed by atoms with Crippen LogP contribution < -0.4 is 10.1 Å². The first-order chi connectivity index (χ1) is 9.97. The number of benzene rings is 2. The summed E-state index contributed by atoms with van der Waals surface area (Å²) in [5.41, 5.74) is 1.11. The quantitative estimate of drug-likeness (QED) is 0.816. The van der Waals surface area contributed by atoms with Crippen LogP contribution in [0.15, 0.2) is 36.4 Å². The van der Waals surface area contributed by atoms with Gasteiger partial charge in [0.15, 0.2) is 0 Å². The summed E-state index contributed by atoms with van der Waals surface area (Å²) in [6.07, 6.45) is 0. The lowest BCUT2D eigenvalue weighted by molar-refractivity contribution is -0.0497. The van der Waals surface area contributed by atoms with Crippen molar-refractivity contribution in [1.82, 2.24) is 0 Å². The van der Waals surface area contributed by atoms with E-state index in [-0.39, 0.29) is 23.1 Å². The monoisotopic (exact) mass is 333 g/mol. The number of hydrogen-bond donors (Lipinski definition) is 2. The summed E-state index contributed by atoms with van der Waals surface area (Å²) >= 11 is 11.8. The van der Waals surface area contributed by atoms with E-state index in [1.807, 2.05) is 0 Å². The van der Waals surface area contributed by atoms with Gasteiger partial charge in [-0.1, -0.05) is 29.3 Å². The molecular formula is C14H11Cl2F2NO2. The van der Waals surface area contributed by atoms with Crippen LogP contribution in [0.1, 0.15) is 5.56 Å². The molecule has 0 heterocycles. The summed E-state index contributed by atoms with van der Waals surface area (Å²) in [6.45, 7) is -2.67. The van der Waals surface area contributed by atoms with Gasteiger partial charge in [0.05, 0.1) is 5.02 Å². The molecule has 2 rings (SSSR count). The predicted molar refractivity (Wildman–Crippen MR) is 78.5 cm³/mol. The van der Waals surface area contributed by atoms with Crippen LogP contribution in [0.4, 0.5) is 14.5 Å². The molecule has 3 nitrogen and oxygen atoms in total. The highest BCUT2D eigenvalue weighted by molar-refractivity contribution is 6.32. The summed E-state index contributed by atoms with van der Waals surface area (Å²) in [4.78, 5) is 0. The van der Waals surface area contributed by atoms with Crippen LogP contribution in [-0.2, 0) is 6.54 Å². The molecule has 0 aromatic heterocycles. The van der Waals surface area contributed by atoms with E-state index >= 15 is 0 Å². The molecular weight excluding hydrogens is 323 g/mol. The van der Waals surface area contributed by atoms with Crippen LogP contribution in [0.5, 0.6) is 11.5 Å². The van der Waals surface area contributed by atoms with Gasteiger partial charge in [0.1, 0.15) is 11.5 Å². The van der Waals surface area contributed by atoms with E-state index in [1.54, 1.807) is 12.1 Å². The first kappa shape index (κ1) is 15.7. The number of nitrogens with one attached hydrogen (secondary N) is 1. The number of phenols is 1. The SMILES string of the molecule is Oc1cccc(Cl)c1CNc1ccc(OC(F)F)c(Cl)c1. The number of halogens is 4. The maximum Gasteiger partial charge on any atom is 0.387 e. The van der Waals surface area contributed by atoms with Gasteiger partial charge < -0.3 is 15.2 Å². The summed E-state index contributed by atoms with van der Waals surface area (Å²) < 4.78 is 28.5. The van der Waals surface area contributed by atoms with Gasteiger partial charge in [0, 0.05) is 22.8 Å². The minimum Gasteiger partial charge on any atom is -0.508 e. The second kappa shape index (κ2) is 6.83. The molecule has 0 atom stereocenters. The third kappa shape index (κ3) is 4.12. The van der Waals surface area contributed by atoms with Gasteiger partial charge in [-0.25, -0.2) is 0 Å². The number of aromatic hydroxyl groups is 1.